The van der Waals surface area contributed by atoms with Gasteiger partial charge in [0.15, 0.2) is 0 Å². The summed E-state index contributed by atoms with van der Waals surface area (Å²) in [7, 11) is 0. The monoisotopic (exact) mass is 366 g/mol. The van der Waals surface area contributed by atoms with E-state index in [9.17, 15) is 20.1 Å². The van der Waals surface area contributed by atoms with Crippen LogP contribution in [0.1, 0.15) is 58.3 Å². The average molecular weight is 366 g/mol. The minimum Gasteiger partial charge on any atom is -0.481 e. The zero-order chi connectivity index (χ0) is 19.6. The molecule has 5 nitrogen and oxygen atoms in total. The number of aliphatic hydroxyl groups excluding tert-OH is 2. The molecule has 0 aromatic heterocycles. The van der Waals surface area contributed by atoms with Crippen molar-refractivity contribution in [2.45, 2.75) is 76.1 Å². The van der Waals surface area contributed by atoms with Gasteiger partial charge in [-0.25, -0.2) is 0 Å². The maximum Gasteiger partial charge on any atom is 0.303 e. The topological polar surface area (TPSA) is 98.0 Å². The van der Waals surface area contributed by atoms with Gasteiger partial charge in [-0.3, -0.25) is 4.79 Å². The summed E-state index contributed by atoms with van der Waals surface area (Å²) in [5.74, 6) is -0.985. The Kier molecular flexibility index (Phi) is 9.84. The summed E-state index contributed by atoms with van der Waals surface area (Å²) in [4.78, 5) is 10.5. The molecule has 1 aliphatic rings. The molecule has 1 fully saturated rings. The molecule has 0 amide bonds. The highest BCUT2D eigenvalue weighted by molar-refractivity contribution is 5.66. The van der Waals surface area contributed by atoms with Crippen molar-refractivity contribution >= 4 is 5.97 Å². The Morgan fingerprint density at radius 1 is 1.19 bits per heavy atom. The molecule has 0 aliphatic heterocycles. The molecule has 5 atom stereocenters. The minimum absolute atomic E-state index is 0.0601. The third-order valence-electron chi connectivity index (χ3n) is 5.06. The number of carbonyl (C=O) groups is 1. The van der Waals surface area contributed by atoms with Crippen LogP contribution in [0.25, 0.3) is 0 Å². The van der Waals surface area contributed by atoms with Gasteiger partial charge in [0.25, 0.3) is 0 Å². The van der Waals surface area contributed by atoms with Gasteiger partial charge >= 0.3 is 5.97 Å². The van der Waals surface area contributed by atoms with Crippen LogP contribution in [0.3, 0.4) is 0 Å². The van der Waals surface area contributed by atoms with E-state index in [0.717, 1.165) is 6.42 Å². The predicted molar refractivity (Wildman–Crippen MR) is 103 cm³/mol. The maximum atomic E-state index is 10.5. The van der Waals surface area contributed by atoms with Crippen molar-refractivity contribution in [3.05, 3.63) is 37.0 Å². The fraction of sp³-hybridized carbons (Fsp3) is 0.667. The van der Waals surface area contributed by atoms with Crippen molar-refractivity contribution in [3.63, 3.8) is 0 Å². The summed E-state index contributed by atoms with van der Waals surface area (Å²) in [5, 5.41) is 39.4. The number of hydrogen-bond acceptors (Lipinski definition) is 4. The van der Waals surface area contributed by atoms with Crippen LogP contribution < -0.4 is 0 Å². The largest absolute Gasteiger partial charge is 0.481 e. The van der Waals surface area contributed by atoms with Crippen molar-refractivity contribution < 1.29 is 25.2 Å². The molecule has 0 heterocycles. The molecule has 148 valence electrons. The molecular formula is C21H34O5. The van der Waals surface area contributed by atoms with Gasteiger partial charge in [-0.15, -0.1) is 6.58 Å². The van der Waals surface area contributed by atoms with E-state index in [4.69, 9.17) is 5.11 Å². The molecule has 0 aromatic rings. The molecular weight excluding hydrogens is 332 g/mol. The first-order chi connectivity index (χ1) is 12.3. The summed E-state index contributed by atoms with van der Waals surface area (Å²) >= 11 is 0. The second-order valence-electron chi connectivity index (χ2n) is 7.56. The van der Waals surface area contributed by atoms with Crippen LogP contribution in [0.2, 0.25) is 0 Å². The van der Waals surface area contributed by atoms with E-state index in [2.05, 4.69) is 6.58 Å². The van der Waals surface area contributed by atoms with E-state index in [1.54, 1.807) is 13.0 Å². The zero-order valence-corrected chi connectivity index (χ0v) is 15.8. The van der Waals surface area contributed by atoms with E-state index >= 15 is 0 Å². The van der Waals surface area contributed by atoms with Crippen LogP contribution in [-0.4, -0.2) is 44.2 Å². The molecule has 26 heavy (non-hydrogen) atoms. The van der Waals surface area contributed by atoms with Crippen molar-refractivity contribution in [2.75, 3.05) is 0 Å². The average Bonchev–Trinajstić information content (AvgIpc) is 2.82. The standard InChI is InChI=1S/C21H34O5/c1-3-4-13-21(2,26)14-9-11-17-16(18(22)15-19(17)23)10-7-5-6-8-12-20(24)25/h3,5,7,9,11,16-19,22-23,26H,1,4,6,8,10,12-15H2,2H3,(H,24,25)/t16-,17-,18-,19-,21?/m1/s1. The van der Waals surface area contributed by atoms with E-state index in [-0.39, 0.29) is 18.3 Å². The minimum atomic E-state index is -0.799. The smallest absolute Gasteiger partial charge is 0.303 e. The first-order valence-corrected chi connectivity index (χ1v) is 9.49. The Morgan fingerprint density at radius 3 is 2.58 bits per heavy atom. The SMILES string of the molecule is C=CCCC(C)(O)CC=C[C@@H]1[C@@H](CC=CCCCC(=O)O)[C@H](O)C[C@H]1O. The zero-order valence-electron chi connectivity index (χ0n) is 15.8. The Hall–Kier alpha value is -1.43. The molecule has 1 unspecified atom stereocenters. The van der Waals surface area contributed by atoms with Crippen LogP contribution in [0, 0.1) is 11.8 Å². The number of carboxylic acids is 1. The third kappa shape index (κ3) is 8.30. The summed E-state index contributed by atoms with van der Waals surface area (Å²) in [6, 6.07) is 0. The van der Waals surface area contributed by atoms with Gasteiger partial charge in [0.2, 0.25) is 0 Å². The second kappa shape index (κ2) is 11.3. The van der Waals surface area contributed by atoms with Crippen LogP contribution >= 0.6 is 0 Å². The van der Waals surface area contributed by atoms with E-state index in [1.165, 1.54) is 0 Å². The molecule has 0 bridgehead atoms. The lowest BCUT2D eigenvalue weighted by atomic mass is 9.88. The quantitative estimate of drug-likeness (QED) is 0.314. The molecule has 0 spiro atoms. The Bertz CT molecular complexity index is 495. The third-order valence-corrected chi connectivity index (χ3v) is 5.06. The fourth-order valence-electron chi connectivity index (χ4n) is 3.44. The lowest BCUT2D eigenvalue weighted by Gasteiger charge is -2.22. The van der Waals surface area contributed by atoms with Crippen LogP contribution in [0.15, 0.2) is 37.0 Å². The van der Waals surface area contributed by atoms with Crippen molar-refractivity contribution in [3.8, 4) is 0 Å². The lowest BCUT2D eigenvalue weighted by Crippen LogP contribution is -2.23. The van der Waals surface area contributed by atoms with E-state index < -0.39 is 23.8 Å². The Labute approximate surface area is 156 Å². The number of rotatable bonds is 12. The van der Waals surface area contributed by atoms with Gasteiger partial charge < -0.3 is 20.4 Å². The van der Waals surface area contributed by atoms with Crippen LogP contribution in [0.5, 0.6) is 0 Å². The molecule has 1 aliphatic carbocycles. The maximum absolute atomic E-state index is 10.5. The molecule has 0 aromatic carbocycles. The highest BCUT2D eigenvalue weighted by Crippen LogP contribution is 2.36. The van der Waals surface area contributed by atoms with Gasteiger partial charge in [0.1, 0.15) is 0 Å². The number of aliphatic carboxylic acids is 1. The highest BCUT2D eigenvalue weighted by atomic mass is 16.4. The van der Waals surface area contributed by atoms with Gasteiger partial charge in [-0.2, -0.15) is 0 Å². The Morgan fingerprint density at radius 2 is 1.92 bits per heavy atom. The lowest BCUT2D eigenvalue weighted by molar-refractivity contribution is -0.137. The van der Waals surface area contributed by atoms with Gasteiger partial charge in [-0.1, -0.05) is 30.4 Å². The van der Waals surface area contributed by atoms with Gasteiger partial charge in [0, 0.05) is 18.8 Å². The molecule has 1 saturated carbocycles. The fourth-order valence-corrected chi connectivity index (χ4v) is 3.44. The van der Waals surface area contributed by atoms with Crippen molar-refractivity contribution in [2.24, 2.45) is 11.8 Å². The van der Waals surface area contributed by atoms with Crippen molar-refractivity contribution in [1.82, 2.24) is 0 Å². The van der Waals surface area contributed by atoms with Crippen molar-refractivity contribution in [1.29, 1.82) is 0 Å². The molecule has 0 radical (unpaired) electrons. The van der Waals surface area contributed by atoms with Gasteiger partial charge in [0.05, 0.1) is 17.8 Å². The number of unbranched alkanes of at least 4 members (excludes halogenated alkanes) is 1. The van der Waals surface area contributed by atoms with E-state index in [1.807, 2.05) is 24.3 Å². The second-order valence-corrected chi connectivity index (χ2v) is 7.56. The molecule has 0 saturated heterocycles. The normalized spacial score (nSPS) is 28.6. The number of carboxylic acid groups (broad SMARTS) is 1. The highest BCUT2D eigenvalue weighted by Gasteiger charge is 2.39. The number of aliphatic hydroxyl groups is 3. The molecule has 5 heteroatoms. The number of hydrogen-bond donors (Lipinski definition) is 4. The summed E-state index contributed by atoms with van der Waals surface area (Å²) in [5.41, 5.74) is -0.799. The Balaban J connectivity index is 2.53. The summed E-state index contributed by atoms with van der Waals surface area (Å²) in [6.45, 7) is 5.46. The van der Waals surface area contributed by atoms with Crippen LogP contribution in [0.4, 0.5) is 0 Å². The molecule has 4 N–H and O–H groups in total. The first-order valence-electron chi connectivity index (χ1n) is 9.49. The number of allylic oxidation sites excluding steroid dienone is 3. The van der Waals surface area contributed by atoms with E-state index in [0.29, 0.717) is 38.5 Å². The predicted octanol–water partition coefficient (Wildman–Crippen LogP) is 3.21. The first kappa shape index (κ1) is 22.6. The molecule has 1 rings (SSSR count). The summed E-state index contributed by atoms with van der Waals surface area (Å²) < 4.78 is 0. The van der Waals surface area contributed by atoms with Crippen LogP contribution in [-0.2, 0) is 4.79 Å². The van der Waals surface area contributed by atoms with Gasteiger partial charge in [-0.05, 0) is 51.4 Å². The summed E-state index contributed by atoms with van der Waals surface area (Å²) in [6.07, 6.45) is 12.7.